The number of amides is 1. The van der Waals surface area contributed by atoms with Crippen molar-refractivity contribution in [1.82, 2.24) is 25.7 Å². The van der Waals surface area contributed by atoms with Crippen molar-refractivity contribution in [3.63, 3.8) is 0 Å². The zero-order valence-corrected chi connectivity index (χ0v) is 20.5. The van der Waals surface area contributed by atoms with E-state index in [2.05, 4.69) is 38.2 Å². The van der Waals surface area contributed by atoms with Gasteiger partial charge in [-0.1, -0.05) is 30.3 Å². The predicted octanol–water partition coefficient (Wildman–Crippen LogP) is 3.13. The van der Waals surface area contributed by atoms with Gasteiger partial charge in [0, 0.05) is 31.4 Å². The molecule has 1 amide bonds. The van der Waals surface area contributed by atoms with Gasteiger partial charge in [0.2, 0.25) is 0 Å². The highest BCUT2D eigenvalue weighted by Gasteiger charge is 2.15. The second kappa shape index (κ2) is 13.1. The van der Waals surface area contributed by atoms with Gasteiger partial charge in [0.1, 0.15) is 5.60 Å². The Hall–Kier alpha value is -2.30. The summed E-state index contributed by atoms with van der Waals surface area (Å²) in [6.07, 6.45) is 3.41. The summed E-state index contributed by atoms with van der Waals surface area (Å²) in [5, 5.41) is 13.5. The molecule has 8 nitrogen and oxygen atoms in total. The van der Waals surface area contributed by atoms with Crippen LogP contribution in [0.4, 0.5) is 4.79 Å². The van der Waals surface area contributed by atoms with Crippen LogP contribution in [0, 0.1) is 0 Å². The Labute approximate surface area is 195 Å². The number of halogens is 1. The number of hydrogen-bond donors (Lipinski definition) is 3. The third-order valence-corrected chi connectivity index (χ3v) is 3.72. The Bertz CT molecular complexity index is 786. The Morgan fingerprint density at radius 2 is 1.80 bits per heavy atom. The van der Waals surface area contributed by atoms with Crippen LogP contribution in [0.25, 0.3) is 0 Å². The van der Waals surface area contributed by atoms with Gasteiger partial charge in [-0.2, -0.15) is 5.10 Å². The molecule has 0 saturated carbocycles. The summed E-state index contributed by atoms with van der Waals surface area (Å²) in [6.45, 7) is 10.5. The molecule has 0 fully saturated rings. The third kappa shape index (κ3) is 10.5. The molecule has 0 radical (unpaired) electrons. The van der Waals surface area contributed by atoms with Gasteiger partial charge < -0.3 is 20.7 Å². The monoisotopic (exact) mass is 528 g/mol. The van der Waals surface area contributed by atoms with Crippen molar-refractivity contribution in [1.29, 1.82) is 0 Å². The van der Waals surface area contributed by atoms with Crippen LogP contribution in [0.2, 0.25) is 0 Å². The van der Waals surface area contributed by atoms with Crippen molar-refractivity contribution < 1.29 is 9.53 Å². The van der Waals surface area contributed by atoms with Gasteiger partial charge in [-0.3, -0.25) is 4.68 Å². The van der Waals surface area contributed by atoms with E-state index < -0.39 is 11.7 Å². The number of hydrogen-bond acceptors (Lipinski definition) is 4. The molecule has 1 aromatic carbocycles. The summed E-state index contributed by atoms with van der Waals surface area (Å²) in [4.78, 5) is 16.2. The summed E-state index contributed by atoms with van der Waals surface area (Å²) >= 11 is 0. The van der Waals surface area contributed by atoms with Crippen LogP contribution in [0.5, 0.6) is 0 Å². The van der Waals surface area contributed by atoms with Crippen LogP contribution in [-0.2, 0) is 17.8 Å². The number of aliphatic imine (C=N–C) groups is 1. The van der Waals surface area contributed by atoms with Gasteiger partial charge in [-0.15, -0.1) is 24.0 Å². The molecular formula is C21H33IN6O2. The lowest BCUT2D eigenvalue weighted by Crippen LogP contribution is -2.42. The van der Waals surface area contributed by atoms with E-state index >= 15 is 0 Å². The number of guanidine groups is 1. The number of nitrogens with zero attached hydrogens (tertiary/aromatic N) is 3. The van der Waals surface area contributed by atoms with Gasteiger partial charge in [0.05, 0.1) is 19.3 Å². The van der Waals surface area contributed by atoms with Crippen molar-refractivity contribution in [3.05, 3.63) is 53.9 Å². The second-order valence-electron chi connectivity index (χ2n) is 7.58. The summed E-state index contributed by atoms with van der Waals surface area (Å²) in [7, 11) is 0. The maximum atomic E-state index is 11.7. The highest BCUT2D eigenvalue weighted by Crippen LogP contribution is 2.06. The fourth-order valence-electron chi connectivity index (χ4n) is 2.52. The van der Waals surface area contributed by atoms with Gasteiger partial charge >= 0.3 is 6.09 Å². The van der Waals surface area contributed by atoms with Gasteiger partial charge in [0.15, 0.2) is 5.96 Å². The number of ether oxygens (including phenoxy) is 1. The quantitative estimate of drug-likeness (QED) is 0.212. The lowest BCUT2D eigenvalue weighted by atomic mass is 10.2. The van der Waals surface area contributed by atoms with Crippen molar-refractivity contribution >= 4 is 36.0 Å². The maximum absolute atomic E-state index is 11.7. The topological polar surface area (TPSA) is 92.6 Å². The highest BCUT2D eigenvalue weighted by atomic mass is 127. The van der Waals surface area contributed by atoms with Crippen LogP contribution < -0.4 is 16.0 Å². The molecule has 0 saturated heterocycles. The smallest absolute Gasteiger partial charge is 0.407 e. The Kier molecular flexibility index (Phi) is 11.2. The zero-order valence-electron chi connectivity index (χ0n) is 18.1. The van der Waals surface area contributed by atoms with Crippen molar-refractivity contribution in [3.8, 4) is 0 Å². The maximum Gasteiger partial charge on any atom is 0.407 e. The van der Waals surface area contributed by atoms with E-state index in [1.807, 2.05) is 63.0 Å². The molecule has 0 unspecified atom stereocenters. The van der Waals surface area contributed by atoms with Crippen LogP contribution in [0.15, 0.2) is 47.7 Å². The first-order valence-corrected chi connectivity index (χ1v) is 9.90. The third-order valence-electron chi connectivity index (χ3n) is 3.72. The number of carbonyl (C=O) groups is 1. The van der Waals surface area contributed by atoms with Crippen LogP contribution in [0.1, 0.15) is 38.8 Å². The minimum absolute atomic E-state index is 0. The average Bonchev–Trinajstić information content (AvgIpc) is 3.10. The van der Waals surface area contributed by atoms with Crippen molar-refractivity contribution in [2.24, 2.45) is 4.99 Å². The number of carbonyl (C=O) groups excluding carboxylic acids is 1. The van der Waals surface area contributed by atoms with E-state index in [0.29, 0.717) is 25.6 Å². The van der Waals surface area contributed by atoms with E-state index in [4.69, 9.17) is 4.74 Å². The molecule has 3 N–H and O–H groups in total. The molecule has 30 heavy (non-hydrogen) atoms. The highest BCUT2D eigenvalue weighted by molar-refractivity contribution is 14.0. The average molecular weight is 528 g/mol. The molecule has 0 aliphatic carbocycles. The molecule has 2 aromatic rings. The molecule has 1 aromatic heterocycles. The summed E-state index contributed by atoms with van der Waals surface area (Å²) in [6, 6.07) is 10.2. The van der Waals surface area contributed by atoms with Crippen LogP contribution in [0.3, 0.4) is 0 Å². The van der Waals surface area contributed by atoms with E-state index in [1.54, 1.807) is 0 Å². The normalized spacial score (nSPS) is 11.4. The number of benzene rings is 1. The minimum Gasteiger partial charge on any atom is -0.444 e. The van der Waals surface area contributed by atoms with Gasteiger partial charge in [-0.25, -0.2) is 9.79 Å². The van der Waals surface area contributed by atoms with Gasteiger partial charge in [0.25, 0.3) is 0 Å². The van der Waals surface area contributed by atoms with Crippen molar-refractivity contribution in [2.75, 3.05) is 19.6 Å². The Morgan fingerprint density at radius 1 is 1.10 bits per heavy atom. The lowest BCUT2D eigenvalue weighted by molar-refractivity contribution is 0.0529. The molecule has 0 aliphatic rings. The predicted molar refractivity (Wildman–Crippen MR) is 130 cm³/mol. The number of nitrogens with one attached hydrogen (secondary N) is 3. The molecule has 0 spiro atoms. The summed E-state index contributed by atoms with van der Waals surface area (Å²) in [5.41, 5.74) is 1.74. The Morgan fingerprint density at radius 3 is 2.47 bits per heavy atom. The number of alkyl carbamates (subject to hydrolysis) is 1. The first kappa shape index (κ1) is 25.7. The molecule has 0 atom stereocenters. The molecular weight excluding hydrogens is 495 g/mol. The fraction of sp³-hybridized carbons (Fsp3) is 0.476. The minimum atomic E-state index is -0.501. The molecule has 0 bridgehead atoms. The zero-order chi connectivity index (χ0) is 21.1. The first-order valence-electron chi connectivity index (χ1n) is 9.90. The number of aromatic nitrogens is 2. The lowest BCUT2D eigenvalue weighted by Gasteiger charge is -2.19. The second-order valence-corrected chi connectivity index (χ2v) is 7.58. The molecule has 2 rings (SSSR count). The van der Waals surface area contributed by atoms with E-state index in [9.17, 15) is 4.79 Å². The van der Waals surface area contributed by atoms with Gasteiger partial charge in [-0.05, 0) is 33.3 Å². The molecule has 0 aliphatic heterocycles. The van der Waals surface area contributed by atoms with Crippen LogP contribution >= 0.6 is 24.0 Å². The molecule has 9 heteroatoms. The largest absolute Gasteiger partial charge is 0.444 e. The van der Waals surface area contributed by atoms with E-state index in [0.717, 1.165) is 18.7 Å². The molecule has 1 heterocycles. The standard InChI is InChI=1S/C21H32N6O2.HI/c1-5-22-19(23-11-12-24-20(28)29-21(2,3)4)25-13-18-14-26-27(16-18)15-17-9-7-6-8-10-17;/h6-10,14,16H,5,11-13,15H2,1-4H3,(H,24,28)(H2,22,23,25);1H. The number of rotatable bonds is 8. The van der Waals surface area contributed by atoms with Crippen LogP contribution in [-0.4, -0.2) is 47.1 Å². The fourth-order valence-corrected chi connectivity index (χ4v) is 2.52. The SMILES string of the molecule is CCNC(=NCc1cnn(Cc2ccccc2)c1)NCCNC(=O)OC(C)(C)C.I. The van der Waals surface area contributed by atoms with E-state index in [-0.39, 0.29) is 24.0 Å². The summed E-state index contributed by atoms with van der Waals surface area (Å²) < 4.78 is 7.12. The summed E-state index contributed by atoms with van der Waals surface area (Å²) in [5.74, 6) is 0.689. The first-order chi connectivity index (χ1) is 13.9. The van der Waals surface area contributed by atoms with E-state index in [1.165, 1.54) is 5.56 Å². The van der Waals surface area contributed by atoms with Crippen molar-refractivity contribution in [2.45, 2.75) is 46.4 Å². The Balaban J connectivity index is 0.00000450. The molecule has 166 valence electrons.